The van der Waals surface area contributed by atoms with Gasteiger partial charge in [-0.1, -0.05) is 6.58 Å². The Hall–Kier alpha value is -2.53. The number of rotatable bonds is 4. The summed E-state index contributed by atoms with van der Waals surface area (Å²) in [4.78, 5) is 3.54. The minimum Gasteiger partial charge on any atom is -0.455 e. The quantitative estimate of drug-likeness (QED) is 0.808. The van der Waals surface area contributed by atoms with Crippen molar-refractivity contribution >= 4 is 9.84 Å². The van der Waals surface area contributed by atoms with E-state index in [0.717, 1.165) is 6.08 Å². The van der Waals surface area contributed by atoms with E-state index >= 15 is 0 Å². The molecule has 0 fully saturated rings. The highest BCUT2D eigenvalue weighted by atomic mass is 32.2. The molecule has 0 unspecified atom stereocenters. The van der Waals surface area contributed by atoms with Gasteiger partial charge in [-0.2, -0.15) is 14.0 Å². The maximum absolute atomic E-state index is 12.8. The molecule has 0 N–H and O–H groups in total. The van der Waals surface area contributed by atoms with Crippen LogP contribution in [0.4, 0.5) is 8.78 Å². The lowest BCUT2D eigenvalue weighted by molar-refractivity contribution is 0.236. The Morgan fingerprint density at radius 1 is 1.24 bits per heavy atom. The fourth-order valence-corrected chi connectivity index (χ4v) is 3.17. The lowest BCUT2D eigenvalue weighted by Gasteiger charge is -2.11. The maximum Gasteiger partial charge on any atom is 0.340 e. The van der Waals surface area contributed by atoms with E-state index < -0.39 is 15.6 Å². The topological polar surface area (TPSA) is 80.1 Å². The second-order valence-corrected chi connectivity index (χ2v) is 7.37. The van der Waals surface area contributed by atoms with Crippen LogP contribution in [0.5, 0.6) is 5.75 Å². The monoisotopic (exact) mass is 366 g/mol. The van der Waals surface area contributed by atoms with Crippen LogP contribution in [0.15, 0.2) is 53.4 Å². The van der Waals surface area contributed by atoms with Crippen LogP contribution in [0.25, 0.3) is 0 Å². The second kappa shape index (κ2) is 8.03. The molecule has 0 amide bonds. The fourth-order valence-electron chi connectivity index (χ4n) is 2.25. The smallest absolute Gasteiger partial charge is 0.340 e. The van der Waals surface area contributed by atoms with E-state index in [9.17, 15) is 17.2 Å². The Morgan fingerprint density at radius 3 is 2.64 bits per heavy atom. The molecule has 25 heavy (non-hydrogen) atoms. The van der Waals surface area contributed by atoms with Gasteiger partial charge in [-0.3, -0.25) is 4.98 Å². The molecule has 0 atom stereocenters. The predicted octanol–water partition coefficient (Wildman–Crippen LogP) is 3.87. The first kappa shape index (κ1) is 18.8. The number of hydrogen-bond donors (Lipinski definition) is 0. The third-order valence-corrected chi connectivity index (χ3v) is 5.13. The van der Waals surface area contributed by atoms with Gasteiger partial charge < -0.3 is 4.74 Å². The lowest BCUT2D eigenvalue weighted by Crippen LogP contribution is -2.13. The number of ether oxygens (including phenoxy) is 1. The molecular formula is C17H16F2N2O3S. The molecule has 0 saturated carbocycles. The molecule has 1 aromatic rings. The van der Waals surface area contributed by atoms with Crippen molar-refractivity contribution in [3.63, 3.8) is 0 Å². The summed E-state index contributed by atoms with van der Waals surface area (Å²) < 4.78 is 54.7. The zero-order chi connectivity index (χ0) is 18.4. The van der Waals surface area contributed by atoms with E-state index in [4.69, 9.17) is 10.00 Å². The van der Waals surface area contributed by atoms with E-state index in [1.54, 1.807) is 0 Å². The molecule has 0 radical (unpaired) electrons. The van der Waals surface area contributed by atoms with Crippen molar-refractivity contribution in [2.75, 3.05) is 0 Å². The van der Waals surface area contributed by atoms with Gasteiger partial charge in [0.05, 0.1) is 16.7 Å². The van der Waals surface area contributed by atoms with Crippen LogP contribution < -0.4 is 4.74 Å². The van der Waals surface area contributed by atoms with Gasteiger partial charge in [0.25, 0.3) is 0 Å². The van der Waals surface area contributed by atoms with E-state index in [-0.39, 0.29) is 22.8 Å². The molecule has 2 rings (SSSR count). The number of sulfone groups is 1. The molecular weight excluding hydrogens is 350 g/mol. The van der Waals surface area contributed by atoms with Crippen LogP contribution in [0.3, 0.4) is 0 Å². The molecule has 0 spiro atoms. The zero-order valence-corrected chi connectivity index (χ0v) is 14.1. The molecule has 1 aliphatic carbocycles. The molecule has 1 aliphatic rings. The highest BCUT2D eigenvalue weighted by Crippen LogP contribution is 2.27. The SMILES string of the molecule is C=C1CCCC/C(S(=O)(=O)C(F)F)=C\C=C/1Oc1cncc(C#N)c1. The van der Waals surface area contributed by atoms with Crippen molar-refractivity contribution in [3.05, 3.63) is 59.0 Å². The minimum atomic E-state index is -4.64. The average Bonchev–Trinajstić information content (AvgIpc) is 2.67. The molecule has 5 nitrogen and oxygen atoms in total. The number of hydrogen-bond acceptors (Lipinski definition) is 5. The summed E-state index contributed by atoms with van der Waals surface area (Å²) in [7, 11) is -4.64. The van der Waals surface area contributed by atoms with Crippen molar-refractivity contribution in [1.82, 2.24) is 4.98 Å². The second-order valence-electron chi connectivity index (χ2n) is 5.40. The summed E-state index contributed by atoms with van der Waals surface area (Å²) in [6, 6.07) is 3.40. The molecule has 1 aromatic heterocycles. The summed E-state index contributed by atoms with van der Waals surface area (Å²) >= 11 is 0. The van der Waals surface area contributed by atoms with E-state index in [1.807, 2.05) is 6.07 Å². The van der Waals surface area contributed by atoms with E-state index in [2.05, 4.69) is 11.6 Å². The number of allylic oxidation sites excluding steroid dienone is 4. The largest absolute Gasteiger partial charge is 0.455 e. The number of alkyl halides is 2. The first-order valence-corrected chi connectivity index (χ1v) is 9.03. The highest BCUT2D eigenvalue weighted by molar-refractivity contribution is 7.95. The first-order chi connectivity index (χ1) is 11.8. The van der Waals surface area contributed by atoms with Crippen LogP contribution in [-0.4, -0.2) is 19.2 Å². The van der Waals surface area contributed by atoms with E-state index in [0.29, 0.717) is 30.4 Å². The van der Waals surface area contributed by atoms with Crippen molar-refractivity contribution in [2.45, 2.75) is 31.4 Å². The minimum absolute atomic E-state index is 0.0369. The lowest BCUT2D eigenvalue weighted by atomic mass is 10.1. The van der Waals surface area contributed by atoms with Gasteiger partial charge in [0.2, 0.25) is 9.84 Å². The van der Waals surface area contributed by atoms with Crippen LogP contribution in [0, 0.1) is 11.3 Å². The fraction of sp³-hybridized carbons (Fsp3) is 0.294. The molecule has 0 aromatic carbocycles. The zero-order valence-electron chi connectivity index (χ0n) is 13.3. The van der Waals surface area contributed by atoms with Gasteiger partial charge >= 0.3 is 5.76 Å². The Labute approximate surface area is 144 Å². The predicted molar refractivity (Wildman–Crippen MR) is 88.3 cm³/mol. The van der Waals surface area contributed by atoms with Crippen molar-refractivity contribution < 1.29 is 21.9 Å². The molecule has 8 heteroatoms. The number of aromatic nitrogens is 1. The first-order valence-electron chi connectivity index (χ1n) is 7.48. The number of pyridine rings is 1. The standard InChI is InChI=1S/C17H16F2N2O3S/c1-12-4-2-3-5-15(25(22,23)17(18)19)6-7-16(12)24-14-8-13(9-20)10-21-11-14/h6-8,10-11,17H,1-5H2/b15-6+,16-7+. The summed E-state index contributed by atoms with van der Waals surface area (Å²) in [5.41, 5.74) is 0.901. The van der Waals surface area contributed by atoms with Crippen LogP contribution in [0.2, 0.25) is 0 Å². The Morgan fingerprint density at radius 2 is 1.96 bits per heavy atom. The van der Waals surface area contributed by atoms with Gasteiger partial charge in [0, 0.05) is 12.3 Å². The van der Waals surface area contributed by atoms with Crippen molar-refractivity contribution in [1.29, 1.82) is 5.26 Å². The Balaban J connectivity index is 2.38. The summed E-state index contributed by atoms with van der Waals surface area (Å²) in [5, 5.41) is 8.89. The third-order valence-electron chi connectivity index (χ3n) is 3.59. The average molecular weight is 366 g/mol. The van der Waals surface area contributed by atoms with Gasteiger partial charge in [-0.05, 0) is 43.4 Å². The van der Waals surface area contributed by atoms with Gasteiger partial charge in [0.1, 0.15) is 17.6 Å². The Bertz CT molecular complexity index is 868. The van der Waals surface area contributed by atoms with Gasteiger partial charge in [-0.25, -0.2) is 8.42 Å². The van der Waals surface area contributed by atoms with Crippen LogP contribution >= 0.6 is 0 Å². The van der Waals surface area contributed by atoms with Gasteiger partial charge in [-0.15, -0.1) is 0 Å². The Kier molecular flexibility index (Phi) is 6.04. The highest BCUT2D eigenvalue weighted by Gasteiger charge is 2.28. The van der Waals surface area contributed by atoms with Gasteiger partial charge in [0.15, 0.2) is 0 Å². The molecule has 0 bridgehead atoms. The number of nitrogens with zero attached hydrogens (tertiary/aromatic N) is 2. The van der Waals surface area contributed by atoms with Crippen LogP contribution in [0.1, 0.15) is 31.2 Å². The van der Waals surface area contributed by atoms with Crippen LogP contribution in [-0.2, 0) is 9.84 Å². The summed E-state index contributed by atoms with van der Waals surface area (Å²) in [6.07, 6.45) is 6.82. The van der Waals surface area contributed by atoms with E-state index in [1.165, 1.54) is 24.5 Å². The van der Waals surface area contributed by atoms with Crippen molar-refractivity contribution in [3.8, 4) is 11.8 Å². The molecule has 0 aliphatic heterocycles. The number of halogens is 2. The van der Waals surface area contributed by atoms with Crippen molar-refractivity contribution in [2.24, 2.45) is 0 Å². The molecule has 132 valence electrons. The maximum atomic E-state index is 12.8. The molecule has 0 saturated heterocycles. The summed E-state index contributed by atoms with van der Waals surface area (Å²) in [5.74, 6) is -2.94. The third kappa shape index (κ3) is 4.73. The molecule has 1 heterocycles. The number of nitriles is 1. The summed E-state index contributed by atoms with van der Waals surface area (Å²) in [6.45, 7) is 3.89. The normalized spacial score (nSPS) is 20.3.